The van der Waals surface area contributed by atoms with Crippen molar-refractivity contribution in [3.8, 4) is 0 Å². The fourth-order valence-corrected chi connectivity index (χ4v) is 3.32. The van der Waals surface area contributed by atoms with Gasteiger partial charge in [-0.3, -0.25) is 0 Å². The van der Waals surface area contributed by atoms with E-state index in [0.717, 1.165) is 41.9 Å². The first kappa shape index (κ1) is 18.2. The molecule has 2 rings (SSSR count). The van der Waals surface area contributed by atoms with Gasteiger partial charge in [-0.15, -0.1) is 11.3 Å². The first-order chi connectivity index (χ1) is 11.0. The Labute approximate surface area is 152 Å². The van der Waals surface area contributed by atoms with Gasteiger partial charge in [0.25, 0.3) is 0 Å². The summed E-state index contributed by atoms with van der Waals surface area (Å²) in [5.74, 6) is 0. The minimum atomic E-state index is 0.728. The van der Waals surface area contributed by atoms with Crippen molar-refractivity contribution in [1.82, 2.24) is 4.90 Å². The second-order valence-electron chi connectivity index (χ2n) is 5.75. The highest BCUT2D eigenvalue weighted by Gasteiger charge is 2.12. The monoisotopic (exact) mass is 368 g/mol. The largest absolute Gasteiger partial charge is 0.344 e. The topological polar surface area (TPSA) is 19.7 Å². The third kappa shape index (κ3) is 6.47. The van der Waals surface area contributed by atoms with Crippen molar-refractivity contribution in [2.24, 2.45) is 0 Å². The predicted molar refractivity (Wildman–Crippen MR) is 105 cm³/mol. The van der Waals surface area contributed by atoms with Gasteiger partial charge in [-0.25, -0.2) is 0 Å². The average molecular weight is 369 g/mol. The molecule has 0 amide bonds. The molecule has 0 aliphatic heterocycles. The normalized spacial score (nSPS) is 10.8. The lowest BCUT2D eigenvalue weighted by atomic mass is 10.3. The van der Waals surface area contributed by atoms with Gasteiger partial charge in [0, 0.05) is 28.6 Å². The molecule has 6 heteroatoms. The summed E-state index contributed by atoms with van der Waals surface area (Å²) in [6.45, 7) is 2.92. The van der Waals surface area contributed by atoms with Crippen LogP contribution >= 0.6 is 35.2 Å². The number of hydrogen-bond acceptors (Lipinski definition) is 2. The van der Waals surface area contributed by atoms with Crippen LogP contribution < -0.4 is 10.2 Å². The fraction of sp³-hybridized carbons (Fsp3) is 0.353. The number of nitrogens with zero attached hydrogens (tertiary/aromatic N) is 1. The van der Waals surface area contributed by atoms with E-state index in [4.69, 9.17) is 23.8 Å². The molecule has 0 aliphatic carbocycles. The Morgan fingerprint density at radius 1 is 1.26 bits per heavy atom. The number of thiophene rings is 1. The second-order valence-corrected chi connectivity index (χ2v) is 7.60. The van der Waals surface area contributed by atoms with Crippen LogP contribution in [0.25, 0.3) is 0 Å². The van der Waals surface area contributed by atoms with Crippen LogP contribution in [0.1, 0.15) is 11.3 Å². The molecule has 0 atom stereocenters. The van der Waals surface area contributed by atoms with Gasteiger partial charge in [0.1, 0.15) is 0 Å². The third-order valence-electron chi connectivity index (χ3n) is 3.41. The van der Waals surface area contributed by atoms with Crippen LogP contribution in [-0.4, -0.2) is 37.2 Å². The molecular formula is C17H23ClN3S2+. The zero-order valence-electron chi connectivity index (χ0n) is 13.5. The molecule has 2 N–H and O–H groups in total. The van der Waals surface area contributed by atoms with E-state index < -0.39 is 0 Å². The van der Waals surface area contributed by atoms with Gasteiger partial charge in [-0.05, 0) is 47.9 Å². The van der Waals surface area contributed by atoms with Crippen molar-refractivity contribution < 1.29 is 4.90 Å². The number of thiocarbonyl (C=S) groups is 1. The Balaban J connectivity index is 1.98. The van der Waals surface area contributed by atoms with Gasteiger partial charge in [0.2, 0.25) is 0 Å². The Kier molecular flexibility index (Phi) is 7.30. The molecule has 1 aromatic heterocycles. The molecule has 0 spiro atoms. The first-order valence-electron chi connectivity index (χ1n) is 7.67. The summed E-state index contributed by atoms with van der Waals surface area (Å²) in [4.78, 5) is 5.01. The standard InChI is InChI=1S/C17H22ClN3S2/c1-20(2)10-4-11-21(13-16-5-3-12-23-16)17(22)19-15-8-6-14(18)7-9-15/h3,5-9,12H,4,10-11,13H2,1-2H3,(H,19,22)/p+1. The molecule has 1 heterocycles. The van der Waals surface area contributed by atoms with Crippen molar-refractivity contribution in [1.29, 1.82) is 0 Å². The summed E-state index contributed by atoms with van der Waals surface area (Å²) < 4.78 is 0. The minimum absolute atomic E-state index is 0.728. The molecule has 0 fully saturated rings. The Morgan fingerprint density at radius 2 is 2.00 bits per heavy atom. The van der Waals surface area contributed by atoms with E-state index in [1.807, 2.05) is 24.3 Å². The summed E-state index contributed by atoms with van der Waals surface area (Å²) in [5.41, 5.74) is 0.966. The summed E-state index contributed by atoms with van der Waals surface area (Å²) in [5, 5.41) is 6.91. The van der Waals surface area contributed by atoms with Crippen LogP contribution in [0.3, 0.4) is 0 Å². The number of nitrogens with one attached hydrogen (secondary N) is 2. The van der Waals surface area contributed by atoms with Gasteiger partial charge >= 0.3 is 0 Å². The van der Waals surface area contributed by atoms with E-state index in [9.17, 15) is 0 Å². The smallest absolute Gasteiger partial charge is 0.173 e. The average Bonchev–Trinajstić information content (AvgIpc) is 3.01. The highest BCUT2D eigenvalue weighted by molar-refractivity contribution is 7.80. The van der Waals surface area contributed by atoms with E-state index in [2.05, 4.69) is 41.8 Å². The summed E-state index contributed by atoms with van der Waals surface area (Å²) >= 11 is 13.3. The van der Waals surface area contributed by atoms with Gasteiger partial charge in [0.15, 0.2) is 5.11 Å². The molecule has 0 saturated carbocycles. The molecule has 1 aromatic carbocycles. The molecular weight excluding hydrogens is 346 g/mol. The number of rotatable bonds is 7. The van der Waals surface area contributed by atoms with E-state index in [-0.39, 0.29) is 0 Å². The zero-order chi connectivity index (χ0) is 16.7. The molecule has 0 aliphatic rings. The lowest BCUT2D eigenvalue weighted by Gasteiger charge is -2.25. The quantitative estimate of drug-likeness (QED) is 0.732. The summed E-state index contributed by atoms with van der Waals surface area (Å²) in [7, 11) is 4.35. The maximum atomic E-state index is 5.93. The van der Waals surface area contributed by atoms with E-state index in [1.165, 1.54) is 9.78 Å². The van der Waals surface area contributed by atoms with Gasteiger partial charge in [0.05, 0.1) is 27.2 Å². The minimum Gasteiger partial charge on any atom is -0.344 e. The number of halogens is 1. The molecule has 0 unspecified atom stereocenters. The van der Waals surface area contributed by atoms with Crippen molar-refractivity contribution in [2.75, 3.05) is 32.5 Å². The van der Waals surface area contributed by atoms with Crippen LogP contribution in [0.4, 0.5) is 5.69 Å². The van der Waals surface area contributed by atoms with Gasteiger partial charge in [-0.2, -0.15) is 0 Å². The summed E-state index contributed by atoms with van der Waals surface area (Å²) in [6, 6.07) is 11.9. The number of benzene rings is 1. The molecule has 0 saturated heterocycles. The lowest BCUT2D eigenvalue weighted by molar-refractivity contribution is -0.858. The van der Waals surface area contributed by atoms with Crippen LogP contribution in [0.15, 0.2) is 41.8 Å². The van der Waals surface area contributed by atoms with Gasteiger partial charge < -0.3 is 15.1 Å². The van der Waals surface area contributed by atoms with E-state index in [1.54, 1.807) is 11.3 Å². The van der Waals surface area contributed by atoms with E-state index in [0.29, 0.717) is 0 Å². The molecule has 23 heavy (non-hydrogen) atoms. The summed E-state index contributed by atoms with van der Waals surface area (Å²) in [6.07, 6.45) is 1.11. The van der Waals surface area contributed by atoms with Crippen molar-refractivity contribution >= 4 is 46.0 Å². The Bertz CT molecular complexity index is 597. The van der Waals surface area contributed by atoms with Crippen LogP contribution in [0.5, 0.6) is 0 Å². The van der Waals surface area contributed by atoms with Crippen LogP contribution in [-0.2, 0) is 6.54 Å². The van der Waals surface area contributed by atoms with Crippen molar-refractivity contribution in [3.05, 3.63) is 51.7 Å². The molecule has 0 bridgehead atoms. The number of anilines is 1. The maximum absolute atomic E-state index is 5.93. The van der Waals surface area contributed by atoms with Crippen molar-refractivity contribution in [3.63, 3.8) is 0 Å². The number of quaternary nitrogens is 1. The van der Waals surface area contributed by atoms with Gasteiger partial charge in [-0.1, -0.05) is 17.7 Å². The highest BCUT2D eigenvalue weighted by atomic mass is 35.5. The Hall–Kier alpha value is -1.14. The maximum Gasteiger partial charge on any atom is 0.173 e. The Morgan fingerprint density at radius 3 is 2.61 bits per heavy atom. The van der Waals surface area contributed by atoms with Crippen LogP contribution in [0, 0.1) is 0 Å². The highest BCUT2D eigenvalue weighted by Crippen LogP contribution is 2.16. The van der Waals surface area contributed by atoms with Crippen LogP contribution in [0.2, 0.25) is 5.02 Å². The third-order valence-corrected chi connectivity index (χ3v) is 4.89. The molecule has 0 radical (unpaired) electrons. The molecule has 3 nitrogen and oxygen atoms in total. The fourth-order valence-electron chi connectivity index (χ4n) is 2.20. The first-order valence-corrected chi connectivity index (χ1v) is 9.34. The predicted octanol–water partition coefficient (Wildman–Crippen LogP) is 3.14. The molecule has 124 valence electrons. The van der Waals surface area contributed by atoms with E-state index >= 15 is 0 Å². The lowest BCUT2D eigenvalue weighted by Crippen LogP contribution is -3.05. The van der Waals surface area contributed by atoms with Crippen molar-refractivity contribution in [2.45, 2.75) is 13.0 Å². The number of hydrogen-bond donors (Lipinski definition) is 2. The molecule has 2 aromatic rings. The zero-order valence-corrected chi connectivity index (χ0v) is 15.9. The second kappa shape index (κ2) is 9.23. The SMILES string of the molecule is C[NH+](C)CCCN(Cc1cccs1)C(=S)Nc1ccc(Cl)cc1.